The van der Waals surface area contributed by atoms with Crippen molar-refractivity contribution in [3.63, 3.8) is 0 Å². The number of thiazole rings is 1. The molecule has 0 spiro atoms. The molecular weight excluding hydrogens is 400 g/mol. The first kappa shape index (κ1) is 18.3. The van der Waals surface area contributed by atoms with Crippen molar-refractivity contribution in [1.82, 2.24) is 9.38 Å². The minimum absolute atomic E-state index is 0.147. The minimum Gasteiger partial charge on any atom is -0.478 e. The number of carbonyl (C=O) groups is 1. The van der Waals surface area contributed by atoms with Gasteiger partial charge in [-0.1, -0.05) is 35.6 Å². The van der Waals surface area contributed by atoms with Crippen molar-refractivity contribution in [3.05, 3.63) is 85.9 Å². The number of imidazole rings is 1. The van der Waals surface area contributed by atoms with Crippen LogP contribution in [0.5, 0.6) is 0 Å². The van der Waals surface area contributed by atoms with Crippen LogP contribution in [0.25, 0.3) is 33.4 Å². The number of nitrogens with zero attached hydrogens (tertiary/aromatic N) is 2. The highest BCUT2D eigenvalue weighted by atomic mass is 32.1. The molecule has 0 saturated heterocycles. The van der Waals surface area contributed by atoms with Crippen LogP contribution < -0.4 is 10.1 Å². The number of rotatable bonds is 3. The van der Waals surface area contributed by atoms with Crippen LogP contribution in [0.1, 0.15) is 27.2 Å². The van der Waals surface area contributed by atoms with Crippen molar-refractivity contribution in [3.8, 4) is 11.3 Å². The number of fused-ring (bicyclic) bond motifs is 3. The third-order valence-corrected chi connectivity index (χ3v) is 5.97. The van der Waals surface area contributed by atoms with E-state index >= 15 is 0 Å². The van der Waals surface area contributed by atoms with E-state index in [9.17, 15) is 14.7 Å². The van der Waals surface area contributed by atoms with Gasteiger partial charge in [0.15, 0.2) is 4.96 Å². The van der Waals surface area contributed by atoms with Gasteiger partial charge < -0.3 is 9.52 Å². The Morgan fingerprint density at radius 2 is 1.97 bits per heavy atom. The van der Waals surface area contributed by atoms with Crippen LogP contribution >= 0.6 is 11.3 Å². The summed E-state index contributed by atoms with van der Waals surface area (Å²) in [6.45, 7) is 3.98. The van der Waals surface area contributed by atoms with Crippen LogP contribution in [0, 0.1) is 13.8 Å². The molecule has 3 aromatic heterocycles. The van der Waals surface area contributed by atoms with E-state index in [1.165, 1.54) is 17.4 Å². The fraction of sp³-hybridized carbons (Fsp3) is 0.0870. The SMILES string of the molecule is Cc1cc(C)c2nc3s/c(=C/c4ccc(-c5ccccc5C(=O)O)o4)c(=O)n3c2c1. The lowest BCUT2D eigenvalue weighted by molar-refractivity contribution is 0.0697. The number of carboxylic acids is 1. The Balaban J connectivity index is 1.64. The van der Waals surface area contributed by atoms with Gasteiger partial charge in [-0.2, -0.15) is 0 Å². The molecule has 0 fully saturated rings. The predicted octanol–water partition coefficient (Wildman–Crippen LogP) is 4.03. The van der Waals surface area contributed by atoms with E-state index in [4.69, 9.17) is 4.42 Å². The van der Waals surface area contributed by atoms with Gasteiger partial charge in [-0.3, -0.25) is 4.79 Å². The molecule has 0 aliphatic carbocycles. The van der Waals surface area contributed by atoms with Gasteiger partial charge in [0.2, 0.25) is 0 Å². The van der Waals surface area contributed by atoms with E-state index in [2.05, 4.69) is 11.1 Å². The Morgan fingerprint density at radius 3 is 2.77 bits per heavy atom. The van der Waals surface area contributed by atoms with Crippen molar-refractivity contribution in [2.75, 3.05) is 0 Å². The predicted molar refractivity (Wildman–Crippen MR) is 116 cm³/mol. The molecule has 30 heavy (non-hydrogen) atoms. The van der Waals surface area contributed by atoms with Gasteiger partial charge >= 0.3 is 5.97 Å². The maximum Gasteiger partial charge on any atom is 0.336 e. The standard InChI is InChI=1S/C23H16N2O4S/c1-12-9-13(2)20-17(10-12)25-21(26)19(30-23(25)24-20)11-14-7-8-18(29-14)15-5-3-4-6-16(15)22(27)28/h3-11H,1-2H3,(H,27,28)/b19-11+. The summed E-state index contributed by atoms with van der Waals surface area (Å²) in [5.74, 6) is -0.112. The second-order valence-electron chi connectivity index (χ2n) is 7.15. The number of aromatic nitrogens is 2. The first-order chi connectivity index (χ1) is 14.4. The first-order valence-corrected chi connectivity index (χ1v) is 10.1. The van der Waals surface area contributed by atoms with Crippen LogP contribution in [0.2, 0.25) is 0 Å². The monoisotopic (exact) mass is 416 g/mol. The zero-order chi connectivity index (χ0) is 21.0. The zero-order valence-electron chi connectivity index (χ0n) is 16.2. The molecule has 148 valence electrons. The van der Waals surface area contributed by atoms with Crippen LogP contribution in [0.3, 0.4) is 0 Å². The summed E-state index contributed by atoms with van der Waals surface area (Å²) >= 11 is 1.30. The van der Waals surface area contributed by atoms with Gasteiger partial charge in [-0.25, -0.2) is 14.2 Å². The van der Waals surface area contributed by atoms with Gasteiger partial charge in [0.05, 0.1) is 16.6 Å². The molecule has 0 aliphatic rings. The number of aryl methyl sites for hydroxylation is 2. The highest BCUT2D eigenvalue weighted by molar-refractivity contribution is 7.15. The summed E-state index contributed by atoms with van der Waals surface area (Å²) in [6, 6.07) is 14.1. The number of hydrogen-bond acceptors (Lipinski definition) is 5. The summed E-state index contributed by atoms with van der Waals surface area (Å²) in [4.78, 5) is 29.8. The van der Waals surface area contributed by atoms with Gasteiger partial charge in [-0.05, 0) is 49.2 Å². The molecule has 0 amide bonds. The number of carboxylic acid groups (broad SMARTS) is 1. The molecule has 6 nitrogen and oxygen atoms in total. The largest absolute Gasteiger partial charge is 0.478 e. The van der Waals surface area contributed by atoms with Crippen LogP contribution in [0.15, 0.2) is 57.7 Å². The molecule has 0 atom stereocenters. The molecule has 5 aromatic rings. The second kappa shape index (κ2) is 6.67. The van der Waals surface area contributed by atoms with Crippen LogP contribution in [-0.2, 0) is 0 Å². The van der Waals surface area contributed by atoms with Crippen molar-refractivity contribution in [1.29, 1.82) is 0 Å². The van der Waals surface area contributed by atoms with Crippen LogP contribution in [-0.4, -0.2) is 20.5 Å². The fourth-order valence-corrected chi connectivity index (χ4v) is 4.66. The smallest absolute Gasteiger partial charge is 0.336 e. The molecular formula is C23H16N2O4S. The Morgan fingerprint density at radius 1 is 1.17 bits per heavy atom. The van der Waals surface area contributed by atoms with E-state index in [-0.39, 0.29) is 11.1 Å². The maximum absolute atomic E-state index is 13.0. The summed E-state index contributed by atoms with van der Waals surface area (Å²) in [5, 5.41) is 9.39. The van der Waals surface area contributed by atoms with E-state index in [1.807, 2.05) is 19.9 Å². The zero-order valence-corrected chi connectivity index (χ0v) is 17.0. The molecule has 0 saturated carbocycles. The number of benzene rings is 2. The average molecular weight is 416 g/mol. The molecule has 2 aromatic carbocycles. The molecule has 5 rings (SSSR count). The molecule has 0 unspecified atom stereocenters. The Hall–Kier alpha value is -3.71. The van der Waals surface area contributed by atoms with E-state index < -0.39 is 5.97 Å². The maximum atomic E-state index is 13.0. The number of hydrogen-bond donors (Lipinski definition) is 1. The van der Waals surface area contributed by atoms with Crippen molar-refractivity contribution in [2.24, 2.45) is 0 Å². The van der Waals surface area contributed by atoms with Gasteiger partial charge in [-0.15, -0.1) is 0 Å². The lowest BCUT2D eigenvalue weighted by Gasteiger charge is -2.01. The molecule has 0 aliphatic heterocycles. The molecule has 3 heterocycles. The Labute approximate surface area is 174 Å². The fourth-order valence-electron chi connectivity index (χ4n) is 3.70. The number of furan rings is 1. The van der Waals surface area contributed by atoms with Crippen molar-refractivity contribution in [2.45, 2.75) is 13.8 Å². The summed E-state index contributed by atoms with van der Waals surface area (Å²) in [5.41, 5.74) is 4.26. The van der Waals surface area contributed by atoms with E-state index in [0.717, 1.165) is 22.2 Å². The van der Waals surface area contributed by atoms with E-state index in [1.54, 1.807) is 40.8 Å². The molecule has 0 bridgehead atoms. The number of aromatic carboxylic acids is 1. The van der Waals surface area contributed by atoms with E-state index in [0.29, 0.717) is 26.6 Å². The summed E-state index contributed by atoms with van der Waals surface area (Å²) < 4.78 is 7.98. The second-order valence-corrected chi connectivity index (χ2v) is 8.16. The normalized spacial score (nSPS) is 12.3. The van der Waals surface area contributed by atoms with Gasteiger partial charge in [0.25, 0.3) is 5.56 Å². The van der Waals surface area contributed by atoms with Gasteiger partial charge in [0, 0.05) is 11.6 Å². The highest BCUT2D eigenvalue weighted by Crippen LogP contribution is 2.26. The minimum atomic E-state index is -1.02. The lowest BCUT2D eigenvalue weighted by atomic mass is 10.1. The van der Waals surface area contributed by atoms with Crippen molar-refractivity contribution < 1.29 is 14.3 Å². The van der Waals surface area contributed by atoms with Crippen molar-refractivity contribution >= 4 is 39.4 Å². The topological polar surface area (TPSA) is 84.8 Å². The average Bonchev–Trinajstić information content (AvgIpc) is 3.39. The highest BCUT2D eigenvalue weighted by Gasteiger charge is 2.15. The summed E-state index contributed by atoms with van der Waals surface area (Å²) in [6.07, 6.45) is 1.67. The third-order valence-electron chi connectivity index (χ3n) is 5.00. The Kier molecular flexibility index (Phi) is 4.08. The summed E-state index contributed by atoms with van der Waals surface area (Å²) in [7, 11) is 0. The third kappa shape index (κ3) is 2.83. The van der Waals surface area contributed by atoms with Crippen LogP contribution in [0.4, 0.5) is 0 Å². The Bertz CT molecular complexity index is 1570. The quantitative estimate of drug-likeness (QED) is 0.480. The molecule has 7 heteroatoms. The molecule has 0 radical (unpaired) electrons. The van der Waals surface area contributed by atoms with Gasteiger partial charge in [0.1, 0.15) is 16.1 Å². The molecule has 1 N–H and O–H groups in total. The first-order valence-electron chi connectivity index (χ1n) is 9.29. The lowest BCUT2D eigenvalue weighted by Crippen LogP contribution is -2.22.